The van der Waals surface area contributed by atoms with Crippen LogP contribution >= 0.6 is 23.2 Å². The van der Waals surface area contributed by atoms with Gasteiger partial charge in [-0.05, 0) is 73.4 Å². The van der Waals surface area contributed by atoms with E-state index in [2.05, 4.69) is 9.97 Å². The number of carbonyl (C=O) groups is 2. The monoisotopic (exact) mass is 898 g/mol. The Morgan fingerprint density at radius 3 is 1.35 bits per heavy atom. The molecule has 4 aromatic carbocycles. The number of alkyl halides is 6. The van der Waals surface area contributed by atoms with Gasteiger partial charge in [0.05, 0.1) is 30.0 Å². The maximum atomic E-state index is 12.9. The number of aryl methyl sites for hydroxylation is 2. The quantitative estimate of drug-likeness (QED) is 0.0853. The molecule has 0 aliphatic rings. The minimum Gasteiger partial charge on any atom is -0.478 e. The van der Waals surface area contributed by atoms with E-state index in [0.717, 1.165) is 0 Å². The van der Waals surface area contributed by atoms with E-state index < -0.39 is 36.7 Å². The largest absolute Gasteiger partial charge is 0.478 e. The third-order valence-electron chi connectivity index (χ3n) is 9.36. The summed E-state index contributed by atoms with van der Waals surface area (Å²) < 4.78 is 78.5. The number of carbonyl (C=O) groups excluding carboxylic acids is 1. The summed E-state index contributed by atoms with van der Waals surface area (Å²) in [6.07, 6.45) is -11.0. The molecule has 0 aliphatic heterocycles. The Hall–Kier alpha value is -6.06. The van der Waals surface area contributed by atoms with Crippen molar-refractivity contribution in [3.05, 3.63) is 174 Å². The number of aromatic carboxylic acids is 1. The molecule has 0 spiro atoms. The predicted molar refractivity (Wildman–Crippen MR) is 224 cm³/mol. The fourth-order valence-corrected chi connectivity index (χ4v) is 6.57. The van der Waals surface area contributed by atoms with Crippen LogP contribution in [0.15, 0.2) is 119 Å². The minimum absolute atomic E-state index is 0.00476. The van der Waals surface area contributed by atoms with Crippen LogP contribution in [0, 0.1) is 0 Å². The third kappa shape index (κ3) is 14.0. The highest BCUT2D eigenvalue weighted by atomic mass is 35.5. The van der Waals surface area contributed by atoms with E-state index in [1.54, 1.807) is 84.9 Å². The molecule has 9 nitrogen and oxygen atoms in total. The van der Waals surface area contributed by atoms with Crippen molar-refractivity contribution in [3.63, 3.8) is 0 Å². The second kappa shape index (κ2) is 20.7. The van der Waals surface area contributed by atoms with Crippen molar-refractivity contribution in [3.8, 4) is 22.5 Å². The van der Waals surface area contributed by atoms with Gasteiger partial charge in [0.15, 0.2) is 5.78 Å². The molecule has 2 heterocycles. The predicted octanol–water partition coefficient (Wildman–Crippen LogP) is 10.9. The zero-order valence-electron chi connectivity index (χ0n) is 32.9. The maximum Gasteiger partial charge on any atom is 0.389 e. The third-order valence-corrected chi connectivity index (χ3v) is 9.87. The van der Waals surface area contributed by atoms with Gasteiger partial charge in [0.1, 0.15) is 11.6 Å². The molecule has 0 radical (unpaired) electrons. The van der Waals surface area contributed by atoms with Gasteiger partial charge in [-0.2, -0.15) is 26.3 Å². The van der Waals surface area contributed by atoms with Crippen LogP contribution in [0.4, 0.5) is 26.3 Å². The summed E-state index contributed by atoms with van der Waals surface area (Å²) in [4.78, 5) is 57.5. The summed E-state index contributed by atoms with van der Waals surface area (Å²) in [5, 5.41) is 10.2. The Morgan fingerprint density at radius 2 is 0.984 bits per heavy atom. The van der Waals surface area contributed by atoms with E-state index in [4.69, 9.17) is 28.3 Å². The van der Waals surface area contributed by atoms with Crippen LogP contribution in [0.3, 0.4) is 0 Å². The number of rotatable bonds is 14. The lowest BCUT2D eigenvalue weighted by Crippen LogP contribution is -2.26. The Bertz CT molecular complexity index is 2460. The number of nitrogens with zero attached hydrogens (tertiary/aromatic N) is 4. The molecule has 6 rings (SSSR count). The molecular weight excluding hydrogens is 861 g/mol. The minimum atomic E-state index is -4.31. The van der Waals surface area contributed by atoms with Gasteiger partial charge in [0, 0.05) is 64.6 Å². The van der Waals surface area contributed by atoms with Gasteiger partial charge in [-0.3, -0.25) is 23.5 Å². The molecule has 1 N–H and O–H groups in total. The fraction of sp³-hybridized carbons (Fsp3) is 0.244. The first-order valence-electron chi connectivity index (χ1n) is 19.0. The van der Waals surface area contributed by atoms with E-state index in [9.17, 15) is 45.5 Å². The topological polar surface area (TPSA) is 124 Å². The van der Waals surface area contributed by atoms with Crippen molar-refractivity contribution < 1.29 is 41.0 Å². The first-order chi connectivity index (χ1) is 29.2. The molecule has 0 unspecified atom stereocenters. The van der Waals surface area contributed by atoms with Crippen molar-refractivity contribution in [2.75, 3.05) is 0 Å². The number of halogens is 8. The van der Waals surface area contributed by atoms with E-state index in [0.29, 0.717) is 49.3 Å². The van der Waals surface area contributed by atoms with Gasteiger partial charge >= 0.3 is 18.3 Å². The van der Waals surface area contributed by atoms with Crippen LogP contribution < -0.4 is 11.1 Å². The molecule has 0 fully saturated rings. The molecule has 17 heteroatoms. The van der Waals surface area contributed by atoms with Crippen LogP contribution in [-0.2, 0) is 25.9 Å². The van der Waals surface area contributed by atoms with Gasteiger partial charge in [-0.1, -0.05) is 77.8 Å². The Balaban J connectivity index is 0.000000234. The van der Waals surface area contributed by atoms with Crippen LogP contribution in [0.2, 0.25) is 10.0 Å². The van der Waals surface area contributed by atoms with Gasteiger partial charge in [-0.25, -0.2) is 14.8 Å². The van der Waals surface area contributed by atoms with E-state index >= 15 is 0 Å². The molecule has 62 heavy (non-hydrogen) atoms. The number of ketones is 1. The summed E-state index contributed by atoms with van der Waals surface area (Å²) >= 11 is 11.8. The van der Waals surface area contributed by atoms with Crippen molar-refractivity contribution in [2.24, 2.45) is 0 Å². The highest BCUT2D eigenvalue weighted by Crippen LogP contribution is 2.26. The van der Waals surface area contributed by atoms with Crippen molar-refractivity contribution in [1.29, 1.82) is 0 Å². The van der Waals surface area contributed by atoms with E-state index in [1.807, 2.05) is 0 Å². The SMILES string of the molecule is CC(=O)c1cccc(Cn2c(CCCC(F)(F)F)nc(-c3ccc(Cl)cc3)cc2=O)c1.O=C(O)c1cccc(Cn2c(CCCC(F)(F)F)nc(-c3ccc(Cl)cc3)cc2=O)c1. The van der Waals surface area contributed by atoms with Gasteiger partial charge in [0.25, 0.3) is 11.1 Å². The standard InChI is InChI=1S/C23H20ClF3N2O2.C22H18ClF3N2O3/c1-15(30)18-5-2-4-16(12-18)14-29-21(6-3-11-23(25,26)27)28-20(13-22(29)31)17-7-9-19(24)10-8-17;23-17-8-6-15(7-9-17)18-12-20(29)28(19(27-18)5-2-10-22(24,25)26)13-14-3-1-4-16(11-14)21(30)31/h2,4-5,7-10,12-13H,3,6,11,14H2,1H3;1,3-4,6-9,11-12H,2,5,10,13H2,(H,30,31). The van der Waals surface area contributed by atoms with Crippen LogP contribution in [0.5, 0.6) is 0 Å². The zero-order valence-corrected chi connectivity index (χ0v) is 34.5. The molecule has 0 atom stereocenters. The van der Waals surface area contributed by atoms with Crippen molar-refractivity contribution in [1.82, 2.24) is 19.1 Å². The maximum absolute atomic E-state index is 12.9. The summed E-state index contributed by atoms with van der Waals surface area (Å²) in [5.74, 6) is -0.774. The lowest BCUT2D eigenvalue weighted by Gasteiger charge is -2.15. The summed E-state index contributed by atoms with van der Waals surface area (Å²) in [6.45, 7) is 1.54. The van der Waals surface area contributed by atoms with Crippen LogP contribution in [-0.4, -0.2) is 48.3 Å². The van der Waals surface area contributed by atoms with Gasteiger partial charge < -0.3 is 5.11 Å². The van der Waals surface area contributed by atoms with Crippen molar-refractivity contribution in [2.45, 2.75) is 70.9 Å². The average molecular weight is 900 g/mol. The number of hydrogen-bond acceptors (Lipinski definition) is 6. The highest BCUT2D eigenvalue weighted by Gasteiger charge is 2.27. The number of carboxylic acids is 1. The second-order valence-corrected chi connectivity index (χ2v) is 15.1. The molecule has 0 saturated heterocycles. The molecule has 0 saturated carbocycles. The highest BCUT2D eigenvalue weighted by molar-refractivity contribution is 6.30. The molecule has 324 valence electrons. The Morgan fingerprint density at radius 1 is 0.597 bits per heavy atom. The van der Waals surface area contributed by atoms with Gasteiger partial charge in [0.2, 0.25) is 0 Å². The van der Waals surface area contributed by atoms with Crippen LogP contribution in [0.25, 0.3) is 22.5 Å². The number of benzene rings is 4. The van der Waals surface area contributed by atoms with Crippen molar-refractivity contribution >= 4 is 35.0 Å². The normalized spacial score (nSPS) is 11.5. The summed E-state index contributed by atoms with van der Waals surface area (Å²) in [5.41, 5.74) is 2.90. The number of carboxylic acid groups (broad SMARTS) is 1. The summed E-state index contributed by atoms with van der Waals surface area (Å²) in [6, 6.07) is 28.8. The number of Topliss-reactive ketones (excluding diaryl/α,β-unsaturated/α-hetero) is 1. The van der Waals surface area contributed by atoms with E-state index in [-0.39, 0.29) is 67.3 Å². The molecule has 0 aliphatic carbocycles. The zero-order chi connectivity index (χ0) is 45.2. The molecule has 0 bridgehead atoms. The van der Waals surface area contributed by atoms with Gasteiger partial charge in [-0.15, -0.1) is 0 Å². The first-order valence-corrected chi connectivity index (χ1v) is 19.8. The molecule has 6 aromatic rings. The molecule has 0 amide bonds. The fourth-order valence-electron chi connectivity index (χ4n) is 6.32. The number of aromatic nitrogens is 4. The smallest absolute Gasteiger partial charge is 0.389 e. The van der Waals surface area contributed by atoms with Crippen LogP contribution in [0.1, 0.15) is 76.1 Å². The second-order valence-electron chi connectivity index (χ2n) is 14.2. The average Bonchev–Trinajstić information content (AvgIpc) is 3.20. The lowest BCUT2D eigenvalue weighted by atomic mass is 10.1. The lowest BCUT2D eigenvalue weighted by molar-refractivity contribution is -0.136. The molecule has 2 aromatic heterocycles. The number of hydrogen-bond donors (Lipinski definition) is 1. The van der Waals surface area contributed by atoms with E-state index in [1.165, 1.54) is 40.3 Å². The summed E-state index contributed by atoms with van der Waals surface area (Å²) in [7, 11) is 0. The Labute approximate surface area is 361 Å². The first kappa shape index (κ1) is 47.0. The molecular formula is C45H38Cl2F6N4O5. The Kier molecular flexibility index (Phi) is 15.7.